The van der Waals surface area contributed by atoms with Crippen molar-refractivity contribution in [2.75, 3.05) is 49.8 Å². The zero-order valence-electron chi connectivity index (χ0n) is 27.6. The second-order valence-electron chi connectivity index (χ2n) is 12.0. The highest BCUT2D eigenvalue weighted by atomic mass is 28.4. The molecule has 1 aliphatic carbocycles. The van der Waals surface area contributed by atoms with Gasteiger partial charge in [-0.25, -0.2) is 0 Å². The Morgan fingerprint density at radius 3 is 1.82 bits per heavy atom. The molecule has 0 fully saturated rings. The van der Waals surface area contributed by atoms with Crippen LogP contribution >= 0.6 is 0 Å². The lowest BCUT2D eigenvalue weighted by Crippen LogP contribution is -2.58. The molecule has 0 aromatic heterocycles. The smallest absolute Gasteiger partial charge is 0.313 e. The van der Waals surface area contributed by atoms with E-state index in [0.29, 0.717) is 22.6 Å². The van der Waals surface area contributed by atoms with E-state index < -0.39 is 43.6 Å². The maximum absolute atomic E-state index is 14.0. The van der Waals surface area contributed by atoms with Crippen LogP contribution < -0.4 is 23.7 Å². The first-order valence-electron chi connectivity index (χ1n) is 14.0. The van der Waals surface area contributed by atoms with Crippen LogP contribution in [0, 0.1) is 23.2 Å². The Bertz CT molecular complexity index is 1440. The molecule has 0 bridgehead atoms. The average Bonchev–Trinajstić information content (AvgIpc) is 3.01. The molecular formula is C32H43NO10Si. The lowest BCUT2D eigenvalue weighted by atomic mass is 9.59. The van der Waals surface area contributed by atoms with E-state index in [1.165, 1.54) is 49.8 Å². The maximum Gasteiger partial charge on any atom is 0.313 e. The van der Waals surface area contributed by atoms with E-state index in [1.54, 1.807) is 24.3 Å². The van der Waals surface area contributed by atoms with Crippen LogP contribution in [-0.2, 0) is 29.1 Å². The minimum absolute atomic E-state index is 0.206. The molecule has 4 atom stereocenters. The molecule has 3 rings (SSSR count). The van der Waals surface area contributed by atoms with Crippen LogP contribution in [0.3, 0.4) is 0 Å². The molecule has 11 nitrogen and oxygen atoms in total. The number of carbonyl (C=O) groups is 2. The third kappa shape index (κ3) is 5.54. The van der Waals surface area contributed by atoms with Gasteiger partial charge in [-0.05, 0) is 41.9 Å². The first kappa shape index (κ1) is 34.5. The minimum atomic E-state index is -2.87. The average molecular weight is 630 g/mol. The molecule has 1 aliphatic rings. The summed E-state index contributed by atoms with van der Waals surface area (Å²) in [6.45, 7) is 9.97. The van der Waals surface area contributed by atoms with Crippen molar-refractivity contribution in [2.45, 2.75) is 50.4 Å². The Labute approximate surface area is 260 Å². The van der Waals surface area contributed by atoms with Gasteiger partial charge >= 0.3 is 11.9 Å². The molecule has 0 saturated carbocycles. The molecule has 0 spiro atoms. The molecule has 0 amide bonds. The van der Waals surface area contributed by atoms with Crippen molar-refractivity contribution in [3.63, 3.8) is 0 Å². The maximum atomic E-state index is 14.0. The van der Waals surface area contributed by atoms with E-state index in [0.717, 1.165) is 0 Å². The molecule has 2 aromatic carbocycles. The molecule has 12 heteroatoms. The zero-order chi connectivity index (χ0) is 33.2. The van der Waals surface area contributed by atoms with Crippen LogP contribution in [0.25, 0.3) is 0 Å². The molecule has 0 heterocycles. The summed E-state index contributed by atoms with van der Waals surface area (Å²) in [6.07, 6.45) is 0. The molecule has 1 unspecified atom stereocenters. The molecular weight excluding hydrogens is 586 g/mol. The van der Waals surface area contributed by atoms with Crippen LogP contribution in [0.15, 0.2) is 24.3 Å². The number of rotatable bonds is 10. The van der Waals surface area contributed by atoms with Crippen molar-refractivity contribution >= 4 is 20.3 Å². The summed E-state index contributed by atoms with van der Waals surface area (Å²) >= 11 is 0. The second kappa shape index (κ2) is 13.0. The zero-order valence-corrected chi connectivity index (χ0v) is 28.6. The van der Waals surface area contributed by atoms with E-state index >= 15 is 0 Å². The number of fused-ring (bicyclic) bond motifs is 1. The Kier molecular flexibility index (Phi) is 10.2. The number of nitrogens with zero attached hydrogens (tertiary/aromatic N) is 1. The predicted octanol–water partition coefficient (Wildman–Crippen LogP) is 5.19. The first-order valence-corrected chi connectivity index (χ1v) is 16.9. The summed E-state index contributed by atoms with van der Waals surface area (Å²) in [4.78, 5) is 27.9. The minimum Gasteiger partial charge on any atom is -0.493 e. The first-order chi connectivity index (χ1) is 20.7. The van der Waals surface area contributed by atoms with Crippen LogP contribution in [0.1, 0.15) is 43.4 Å². The highest BCUT2D eigenvalue weighted by Crippen LogP contribution is 2.61. The van der Waals surface area contributed by atoms with Gasteiger partial charge in [-0.3, -0.25) is 9.59 Å². The number of hydrogen-bond acceptors (Lipinski definition) is 11. The van der Waals surface area contributed by atoms with Gasteiger partial charge < -0.3 is 37.6 Å². The fourth-order valence-electron chi connectivity index (χ4n) is 5.68. The fourth-order valence-corrected chi connectivity index (χ4v) is 7.08. The van der Waals surface area contributed by atoms with Crippen molar-refractivity contribution in [2.24, 2.45) is 11.8 Å². The molecule has 0 saturated heterocycles. The Hall–Kier alpha value is -3.95. The van der Waals surface area contributed by atoms with Gasteiger partial charge in [-0.2, -0.15) is 5.26 Å². The molecule has 0 aliphatic heterocycles. The van der Waals surface area contributed by atoms with Crippen LogP contribution in [-0.4, -0.2) is 70.0 Å². The Morgan fingerprint density at radius 1 is 0.795 bits per heavy atom. The number of carbonyl (C=O) groups excluding carboxylic acids is 2. The molecule has 0 radical (unpaired) electrons. The Balaban J connectivity index is 2.70. The largest absolute Gasteiger partial charge is 0.493 e. The second-order valence-corrected chi connectivity index (χ2v) is 16.7. The van der Waals surface area contributed by atoms with E-state index in [4.69, 9.17) is 37.6 Å². The SMILES string of the molecule is COC(=O)[C@@H]1[C@@H](c2ccc(OC)c(OC)c2)c2c(cc(OC)c(OC)c2OC)C(C#N)(O[Si](C)(C)C(C)(C)C)[C@H]1C(=O)OC. The third-order valence-electron chi connectivity index (χ3n) is 8.82. The van der Waals surface area contributed by atoms with Crippen LogP contribution in [0.4, 0.5) is 0 Å². The number of hydrogen-bond donors (Lipinski definition) is 0. The number of nitriles is 1. The van der Waals surface area contributed by atoms with Gasteiger partial charge in [-0.1, -0.05) is 26.8 Å². The highest BCUT2D eigenvalue weighted by Gasteiger charge is 2.64. The Morgan fingerprint density at radius 2 is 1.36 bits per heavy atom. The van der Waals surface area contributed by atoms with E-state index in [9.17, 15) is 14.9 Å². The summed E-state index contributed by atoms with van der Waals surface area (Å²) in [5.41, 5.74) is -0.787. The van der Waals surface area contributed by atoms with Gasteiger partial charge in [0.15, 0.2) is 36.9 Å². The van der Waals surface area contributed by atoms with Gasteiger partial charge in [-0.15, -0.1) is 0 Å². The fraction of sp³-hybridized carbons (Fsp3) is 0.531. The number of esters is 2. The molecule has 44 heavy (non-hydrogen) atoms. The number of methoxy groups -OCH3 is 7. The van der Waals surface area contributed by atoms with Gasteiger partial charge in [0, 0.05) is 17.0 Å². The van der Waals surface area contributed by atoms with Crippen LogP contribution in [0.2, 0.25) is 18.1 Å². The summed E-state index contributed by atoms with van der Waals surface area (Å²) in [5, 5.41) is 10.8. The molecule has 2 aromatic rings. The number of benzene rings is 2. The quantitative estimate of drug-likeness (QED) is 0.254. The monoisotopic (exact) mass is 629 g/mol. The van der Waals surface area contributed by atoms with Crippen molar-refractivity contribution < 1.29 is 47.2 Å². The van der Waals surface area contributed by atoms with E-state index in [1.807, 2.05) is 33.9 Å². The third-order valence-corrected chi connectivity index (χ3v) is 13.3. The number of ether oxygens (including phenoxy) is 7. The van der Waals surface area contributed by atoms with Crippen molar-refractivity contribution in [3.8, 4) is 34.8 Å². The standard InChI is InChI=1S/C32H43NO10Si/c1-31(2,3)44(11,12)43-32(17-33)19-16-22(38-6)27(39-7)28(40-8)24(19)23(18-13-14-20(36-4)21(15-18)37-5)25(29(34)41-9)26(32)30(35)42-10/h13-16,23,25-26H,1-12H3/t23-,25+,26+,32?/m0/s1. The predicted molar refractivity (Wildman–Crippen MR) is 164 cm³/mol. The van der Waals surface area contributed by atoms with E-state index in [2.05, 4.69) is 6.07 Å². The molecule has 240 valence electrons. The lowest BCUT2D eigenvalue weighted by Gasteiger charge is -2.51. The van der Waals surface area contributed by atoms with Gasteiger partial charge in [0.05, 0.1) is 55.7 Å². The van der Waals surface area contributed by atoms with Crippen LogP contribution in [0.5, 0.6) is 28.7 Å². The summed E-state index contributed by atoms with van der Waals surface area (Å²) in [7, 11) is 6.94. The van der Waals surface area contributed by atoms with Gasteiger partial charge in [0.25, 0.3) is 0 Å². The summed E-state index contributed by atoms with van der Waals surface area (Å²) in [5.74, 6) is -3.74. The van der Waals surface area contributed by atoms with Crippen molar-refractivity contribution in [3.05, 3.63) is 41.0 Å². The van der Waals surface area contributed by atoms with E-state index in [-0.39, 0.29) is 27.9 Å². The summed E-state index contributed by atoms with van der Waals surface area (Å²) < 4.78 is 46.1. The topological polar surface area (TPSA) is 132 Å². The molecule has 0 N–H and O–H groups in total. The normalized spacial score (nSPS) is 21.3. The van der Waals surface area contributed by atoms with Gasteiger partial charge in [0.2, 0.25) is 5.75 Å². The van der Waals surface area contributed by atoms with Crippen molar-refractivity contribution in [1.82, 2.24) is 0 Å². The van der Waals surface area contributed by atoms with Gasteiger partial charge in [0.1, 0.15) is 12.0 Å². The lowest BCUT2D eigenvalue weighted by molar-refractivity contribution is -0.168. The van der Waals surface area contributed by atoms with Crippen molar-refractivity contribution in [1.29, 1.82) is 5.26 Å². The highest BCUT2D eigenvalue weighted by molar-refractivity contribution is 6.74. The summed E-state index contributed by atoms with van der Waals surface area (Å²) in [6, 6.07) is 9.11.